The molecule has 0 saturated carbocycles. The summed E-state index contributed by atoms with van der Waals surface area (Å²) in [5.74, 6) is 3.55. The maximum atomic E-state index is 13.0. The van der Waals surface area contributed by atoms with Crippen molar-refractivity contribution in [2.75, 3.05) is 57.1 Å². The van der Waals surface area contributed by atoms with E-state index in [9.17, 15) is 4.79 Å². The molecule has 12 heteroatoms. The van der Waals surface area contributed by atoms with E-state index in [0.717, 1.165) is 47.2 Å². The van der Waals surface area contributed by atoms with E-state index >= 15 is 0 Å². The maximum Gasteiger partial charge on any atom is 0.246 e. The van der Waals surface area contributed by atoms with E-state index in [2.05, 4.69) is 25.2 Å². The monoisotopic (exact) mass is 605 g/mol. The minimum atomic E-state index is 0.0378. The van der Waals surface area contributed by atoms with Gasteiger partial charge in [-0.25, -0.2) is 19.9 Å². The number of carbonyl (C=O) groups excluding carboxylic acids is 1. The minimum Gasteiger partial charge on any atom is -0.490 e. The average Bonchev–Trinajstić information content (AvgIpc) is 3.49. The van der Waals surface area contributed by atoms with Gasteiger partial charge in [0.25, 0.3) is 0 Å². The second-order valence-electron chi connectivity index (χ2n) is 11.6. The summed E-state index contributed by atoms with van der Waals surface area (Å²) in [5.41, 5.74) is 3.97. The molecule has 1 atom stereocenters. The summed E-state index contributed by atoms with van der Waals surface area (Å²) in [4.78, 5) is 37.6. The molecule has 7 rings (SSSR count). The molecule has 6 heterocycles. The van der Waals surface area contributed by atoms with Crippen molar-refractivity contribution in [3.8, 4) is 17.2 Å². The number of aryl methyl sites for hydroxylation is 1. The van der Waals surface area contributed by atoms with Gasteiger partial charge in [0.15, 0.2) is 17.4 Å². The van der Waals surface area contributed by atoms with Crippen LogP contribution in [0.1, 0.15) is 12.0 Å². The first-order valence-electron chi connectivity index (χ1n) is 15.0. The average molecular weight is 606 g/mol. The van der Waals surface area contributed by atoms with Crippen LogP contribution in [0.25, 0.3) is 16.7 Å². The Morgan fingerprint density at radius 1 is 1.13 bits per heavy atom. The van der Waals surface area contributed by atoms with E-state index in [0.29, 0.717) is 48.8 Å². The molecule has 4 aromatic heterocycles. The smallest absolute Gasteiger partial charge is 0.246 e. The van der Waals surface area contributed by atoms with Crippen molar-refractivity contribution in [1.82, 2.24) is 34.1 Å². The number of pyridine rings is 2. The number of anilines is 3. The molecule has 0 aliphatic carbocycles. The molecule has 1 fully saturated rings. The van der Waals surface area contributed by atoms with Crippen LogP contribution in [0.5, 0.6) is 17.2 Å². The highest BCUT2D eigenvalue weighted by atomic mass is 16.5. The molecule has 1 aromatic carbocycles. The van der Waals surface area contributed by atoms with Gasteiger partial charge in [0.1, 0.15) is 29.0 Å². The SMILES string of the molecule is Cc1cc(Nc2ncnc3cc4c(nc23)N2CCN(C(=O)/C=C/CN(C)C)C(CCO4)C2)ccc1Oc1ccn2ccnc2c1. The van der Waals surface area contributed by atoms with Gasteiger partial charge >= 0.3 is 0 Å². The molecule has 45 heavy (non-hydrogen) atoms. The maximum absolute atomic E-state index is 13.0. The van der Waals surface area contributed by atoms with E-state index in [-0.39, 0.29) is 11.9 Å². The Balaban J connectivity index is 1.11. The first-order chi connectivity index (χ1) is 21.9. The molecule has 2 aliphatic rings. The predicted octanol–water partition coefficient (Wildman–Crippen LogP) is 4.43. The van der Waals surface area contributed by atoms with Crippen molar-refractivity contribution < 1.29 is 14.3 Å². The minimum absolute atomic E-state index is 0.0378. The Kier molecular flexibility index (Phi) is 7.64. The number of imidazole rings is 1. The van der Waals surface area contributed by atoms with Crippen LogP contribution in [-0.2, 0) is 4.79 Å². The summed E-state index contributed by atoms with van der Waals surface area (Å²) in [6, 6.07) is 11.7. The molecular formula is C33H35N9O3. The zero-order valence-corrected chi connectivity index (χ0v) is 25.6. The number of amides is 1. The number of ether oxygens (including phenoxy) is 2. The van der Waals surface area contributed by atoms with Gasteiger partial charge in [-0.1, -0.05) is 6.08 Å². The first kappa shape index (κ1) is 28.5. The van der Waals surface area contributed by atoms with Gasteiger partial charge in [-0.3, -0.25) is 4.79 Å². The lowest BCUT2D eigenvalue weighted by Crippen LogP contribution is -2.56. The van der Waals surface area contributed by atoms with Crippen molar-refractivity contribution >= 4 is 39.9 Å². The van der Waals surface area contributed by atoms with Crippen molar-refractivity contribution in [2.24, 2.45) is 0 Å². The number of aromatic nitrogens is 5. The van der Waals surface area contributed by atoms with Crippen LogP contribution in [0.4, 0.5) is 17.3 Å². The third-order valence-electron chi connectivity index (χ3n) is 8.10. The van der Waals surface area contributed by atoms with Gasteiger partial charge in [-0.2, -0.15) is 0 Å². The fourth-order valence-corrected chi connectivity index (χ4v) is 5.79. The zero-order valence-electron chi connectivity index (χ0n) is 25.6. The molecule has 0 spiro atoms. The van der Waals surface area contributed by atoms with Crippen LogP contribution in [0, 0.1) is 6.92 Å². The van der Waals surface area contributed by atoms with Crippen LogP contribution in [0.3, 0.4) is 0 Å². The Bertz CT molecular complexity index is 1900. The number of benzene rings is 1. The molecule has 1 saturated heterocycles. The summed E-state index contributed by atoms with van der Waals surface area (Å²) >= 11 is 0. The van der Waals surface area contributed by atoms with Crippen LogP contribution in [0.15, 0.2) is 73.5 Å². The second kappa shape index (κ2) is 12.0. The third-order valence-corrected chi connectivity index (χ3v) is 8.10. The summed E-state index contributed by atoms with van der Waals surface area (Å²) in [6.45, 7) is 5.18. The number of likely N-dealkylation sites (N-methyl/N-ethyl adjacent to an activating group) is 1. The fraction of sp³-hybridized carbons (Fsp3) is 0.303. The highest BCUT2D eigenvalue weighted by molar-refractivity contribution is 5.90. The number of hydrogen-bond acceptors (Lipinski definition) is 10. The second-order valence-corrected chi connectivity index (χ2v) is 11.6. The van der Waals surface area contributed by atoms with Gasteiger partial charge in [0.2, 0.25) is 5.91 Å². The standard InChI is InChI=1S/C33H35N9O3/c1-22-17-23(6-7-27(22)45-25-8-12-40-13-10-34-29(40)18-25)37-32-31-26(35-21-36-32)19-28-33(38-31)41-14-15-42(24(20-41)9-16-44-28)30(43)5-4-11-39(2)3/h4-8,10,12-13,17-19,21,24H,9,11,14-16,20H2,1-3H3,(H,35,36,37)/b5-4+. The third kappa shape index (κ3) is 5.96. The molecule has 230 valence electrons. The predicted molar refractivity (Wildman–Crippen MR) is 173 cm³/mol. The quantitative estimate of drug-likeness (QED) is 0.267. The van der Waals surface area contributed by atoms with E-state index in [1.165, 1.54) is 6.33 Å². The molecule has 12 nitrogen and oxygen atoms in total. The summed E-state index contributed by atoms with van der Waals surface area (Å²) < 4.78 is 14.3. The molecule has 1 unspecified atom stereocenters. The molecule has 2 aliphatic heterocycles. The van der Waals surface area contributed by atoms with Crippen molar-refractivity contribution in [1.29, 1.82) is 0 Å². The number of carbonyl (C=O) groups is 1. The summed E-state index contributed by atoms with van der Waals surface area (Å²) in [6.07, 6.45) is 11.5. The van der Waals surface area contributed by atoms with Gasteiger partial charge in [0.05, 0.1) is 18.2 Å². The van der Waals surface area contributed by atoms with Crippen molar-refractivity contribution in [3.05, 3.63) is 79.0 Å². The highest BCUT2D eigenvalue weighted by Crippen LogP contribution is 2.36. The number of hydrogen-bond donors (Lipinski definition) is 1. The zero-order chi connectivity index (χ0) is 30.9. The molecular weight excluding hydrogens is 570 g/mol. The van der Waals surface area contributed by atoms with E-state index in [1.807, 2.05) is 90.1 Å². The summed E-state index contributed by atoms with van der Waals surface area (Å²) in [7, 11) is 3.97. The lowest BCUT2D eigenvalue weighted by molar-refractivity contribution is -0.129. The topological polar surface area (TPSA) is 113 Å². The van der Waals surface area contributed by atoms with Gasteiger partial charge in [0, 0.05) is 75.1 Å². The van der Waals surface area contributed by atoms with Gasteiger partial charge < -0.3 is 33.9 Å². The van der Waals surface area contributed by atoms with E-state index in [4.69, 9.17) is 14.5 Å². The summed E-state index contributed by atoms with van der Waals surface area (Å²) in [5, 5.41) is 3.43. The molecule has 0 radical (unpaired) electrons. The number of nitrogens with one attached hydrogen (secondary N) is 1. The van der Waals surface area contributed by atoms with Gasteiger partial charge in [-0.05, 0) is 50.8 Å². The van der Waals surface area contributed by atoms with E-state index < -0.39 is 0 Å². The normalized spacial score (nSPS) is 16.5. The van der Waals surface area contributed by atoms with Crippen LogP contribution >= 0.6 is 0 Å². The van der Waals surface area contributed by atoms with Crippen LogP contribution in [0.2, 0.25) is 0 Å². The number of piperazine rings is 1. The van der Waals surface area contributed by atoms with Crippen LogP contribution in [-0.4, -0.2) is 93.0 Å². The fourth-order valence-electron chi connectivity index (χ4n) is 5.79. The van der Waals surface area contributed by atoms with Gasteiger partial charge in [-0.15, -0.1) is 0 Å². The Morgan fingerprint density at radius 3 is 2.91 bits per heavy atom. The molecule has 2 bridgehead atoms. The largest absolute Gasteiger partial charge is 0.490 e. The number of rotatable bonds is 7. The molecule has 1 amide bonds. The number of fused-ring (bicyclic) bond motifs is 6. The highest BCUT2D eigenvalue weighted by Gasteiger charge is 2.33. The molecule has 1 N–H and O–H groups in total. The Hall–Kier alpha value is -5.23. The first-order valence-corrected chi connectivity index (χ1v) is 15.0. The Morgan fingerprint density at radius 2 is 2.04 bits per heavy atom. The number of nitrogens with zero attached hydrogens (tertiary/aromatic N) is 8. The van der Waals surface area contributed by atoms with E-state index in [1.54, 1.807) is 12.3 Å². The lowest BCUT2D eigenvalue weighted by atomic mass is 10.1. The van der Waals surface area contributed by atoms with Crippen molar-refractivity contribution in [3.63, 3.8) is 0 Å². The lowest BCUT2D eigenvalue weighted by Gasteiger charge is -2.43. The Labute approximate surface area is 260 Å². The molecule has 5 aromatic rings. The van der Waals surface area contributed by atoms with Crippen molar-refractivity contribution in [2.45, 2.75) is 19.4 Å². The van der Waals surface area contributed by atoms with Crippen LogP contribution < -0.4 is 19.7 Å².